The van der Waals surface area contributed by atoms with Gasteiger partial charge in [-0.2, -0.15) is 5.10 Å². The number of carbonyl (C=O) groups excluding carboxylic acids is 2. The van der Waals surface area contributed by atoms with Gasteiger partial charge in [0.25, 0.3) is 5.91 Å². The zero-order chi connectivity index (χ0) is 23.9. The summed E-state index contributed by atoms with van der Waals surface area (Å²) >= 11 is 1.44. The fourth-order valence-electron chi connectivity index (χ4n) is 4.67. The standard InChI is InChI=1S/C23H29N5O4S/c1-11-16-13(27-28-22(24)25)9-23(2,3)10-14(16)32-18(11)19(29)26-20-17(21(30)31-4)12-7-5-6-8-15(12)33-20/h5-10H2,1-4H3,(H,26,29)(H4,24,25,28)/b27-13-. The van der Waals surface area contributed by atoms with Gasteiger partial charge in [-0.3, -0.25) is 4.79 Å². The van der Waals surface area contributed by atoms with Crippen LogP contribution < -0.4 is 16.8 Å². The molecule has 0 fully saturated rings. The van der Waals surface area contributed by atoms with E-state index in [2.05, 4.69) is 29.4 Å². The third kappa shape index (κ3) is 4.39. The number of nitrogens with two attached hydrogens (primary N) is 2. The first-order valence-electron chi connectivity index (χ1n) is 10.9. The van der Waals surface area contributed by atoms with E-state index < -0.39 is 11.9 Å². The number of anilines is 1. The lowest BCUT2D eigenvalue weighted by molar-refractivity contribution is 0.0601. The van der Waals surface area contributed by atoms with Gasteiger partial charge >= 0.3 is 5.97 Å². The first-order chi connectivity index (χ1) is 15.6. The number of aryl methyl sites for hydroxylation is 1. The average Bonchev–Trinajstić information content (AvgIpc) is 3.27. The number of ether oxygens (including phenoxy) is 1. The van der Waals surface area contributed by atoms with Crippen LogP contribution in [0, 0.1) is 12.3 Å². The first-order valence-corrected chi connectivity index (χ1v) is 11.7. The Labute approximate surface area is 196 Å². The third-order valence-electron chi connectivity index (χ3n) is 6.07. The Kier molecular flexibility index (Phi) is 6.04. The fourth-order valence-corrected chi connectivity index (χ4v) is 5.94. The van der Waals surface area contributed by atoms with E-state index in [4.69, 9.17) is 20.6 Å². The zero-order valence-electron chi connectivity index (χ0n) is 19.3. The summed E-state index contributed by atoms with van der Waals surface area (Å²) in [6, 6.07) is 0. The van der Waals surface area contributed by atoms with Gasteiger partial charge in [0, 0.05) is 22.4 Å². The van der Waals surface area contributed by atoms with Crippen molar-refractivity contribution in [3.8, 4) is 0 Å². The Morgan fingerprint density at radius 1 is 1.18 bits per heavy atom. The molecule has 0 atom stereocenters. The summed E-state index contributed by atoms with van der Waals surface area (Å²) in [5.41, 5.74) is 14.3. The summed E-state index contributed by atoms with van der Waals surface area (Å²) < 4.78 is 11.1. The topological polar surface area (TPSA) is 145 Å². The van der Waals surface area contributed by atoms with Gasteiger partial charge in [0.15, 0.2) is 5.76 Å². The van der Waals surface area contributed by atoms with Crippen LogP contribution in [-0.4, -0.2) is 30.7 Å². The number of thiophene rings is 1. The van der Waals surface area contributed by atoms with Crippen LogP contribution in [0.25, 0.3) is 0 Å². The van der Waals surface area contributed by atoms with Gasteiger partial charge in [-0.05, 0) is 50.0 Å². The van der Waals surface area contributed by atoms with E-state index in [0.29, 0.717) is 40.4 Å². The normalized spacial score (nSPS) is 17.8. The van der Waals surface area contributed by atoms with Crippen molar-refractivity contribution in [2.75, 3.05) is 12.4 Å². The number of hydrogen-bond donors (Lipinski definition) is 3. The lowest BCUT2D eigenvalue weighted by atomic mass is 9.75. The van der Waals surface area contributed by atoms with E-state index in [1.807, 2.05) is 6.92 Å². The minimum atomic E-state index is -0.437. The summed E-state index contributed by atoms with van der Waals surface area (Å²) in [6.07, 6.45) is 5.08. The number of fused-ring (bicyclic) bond motifs is 2. The van der Waals surface area contributed by atoms with Crippen LogP contribution in [0.15, 0.2) is 14.6 Å². The van der Waals surface area contributed by atoms with Crippen molar-refractivity contribution >= 4 is 39.9 Å². The zero-order valence-corrected chi connectivity index (χ0v) is 20.1. The molecule has 2 aromatic heterocycles. The lowest BCUT2D eigenvalue weighted by Gasteiger charge is -2.29. The summed E-state index contributed by atoms with van der Waals surface area (Å²) in [5.74, 6) is -0.115. The molecule has 9 nitrogen and oxygen atoms in total. The van der Waals surface area contributed by atoms with Crippen LogP contribution in [0.5, 0.6) is 0 Å². The number of guanidine groups is 1. The van der Waals surface area contributed by atoms with Gasteiger partial charge in [0.1, 0.15) is 10.8 Å². The molecule has 10 heteroatoms. The van der Waals surface area contributed by atoms with Gasteiger partial charge in [-0.1, -0.05) is 13.8 Å². The number of hydrogen-bond acceptors (Lipinski definition) is 7. The lowest BCUT2D eigenvalue weighted by Crippen LogP contribution is -2.27. The number of methoxy groups -OCH3 is 1. The molecule has 2 aliphatic rings. The number of carbonyl (C=O) groups is 2. The highest BCUT2D eigenvalue weighted by atomic mass is 32.1. The highest BCUT2D eigenvalue weighted by molar-refractivity contribution is 7.17. The number of nitrogens with one attached hydrogen (secondary N) is 1. The number of nitrogens with zero attached hydrogens (tertiary/aromatic N) is 2. The quantitative estimate of drug-likeness (QED) is 0.269. The molecule has 0 radical (unpaired) electrons. The molecule has 0 aliphatic heterocycles. The van der Waals surface area contributed by atoms with Crippen LogP contribution in [0.2, 0.25) is 0 Å². The monoisotopic (exact) mass is 471 g/mol. The molecule has 0 saturated heterocycles. The van der Waals surface area contributed by atoms with Crippen molar-refractivity contribution in [3.63, 3.8) is 0 Å². The van der Waals surface area contributed by atoms with Crippen LogP contribution in [-0.2, 0) is 24.0 Å². The van der Waals surface area contributed by atoms with E-state index >= 15 is 0 Å². The molecular weight excluding hydrogens is 442 g/mol. The SMILES string of the molecule is COC(=O)c1c(NC(=O)c2oc3c(c2C)/C(=N\N=C(N)N)CC(C)(C)C3)sc2c1CCCC2. The van der Waals surface area contributed by atoms with Crippen LogP contribution in [0.1, 0.15) is 81.4 Å². The van der Waals surface area contributed by atoms with Gasteiger partial charge in [-0.15, -0.1) is 16.4 Å². The molecule has 0 saturated carbocycles. The highest BCUT2D eigenvalue weighted by Gasteiger charge is 2.37. The summed E-state index contributed by atoms with van der Waals surface area (Å²) in [7, 11) is 1.35. The third-order valence-corrected chi connectivity index (χ3v) is 7.28. The van der Waals surface area contributed by atoms with Crippen molar-refractivity contribution in [1.82, 2.24) is 0 Å². The van der Waals surface area contributed by atoms with Crippen LogP contribution in [0.4, 0.5) is 5.00 Å². The minimum absolute atomic E-state index is 0.131. The number of amides is 1. The molecule has 0 bridgehead atoms. The van der Waals surface area contributed by atoms with Crippen molar-refractivity contribution in [1.29, 1.82) is 0 Å². The second-order valence-corrected chi connectivity index (χ2v) is 10.4. The molecule has 5 N–H and O–H groups in total. The molecule has 0 spiro atoms. The predicted molar refractivity (Wildman–Crippen MR) is 128 cm³/mol. The van der Waals surface area contributed by atoms with E-state index in [9.17, 15) is 9.59 Å². The van der Waals surface area contributed by atoms with Gasteiger partial charge < -0.3 is 25.9 Å². The van der Waals surface area contributed by atoms with Crippen LogP contribution in [0.3, 0.4) is 0 Å². The molecule has 0 unspecified atom stereocenters. The second kappa shape index (κ2) is 8.66. The summed E-state index contributed by atoms with van der Waals surface area (Å²) in [6.45, 7) is 6.01. The van der Waals surface area contributed by atoms with Gasteiger partial charge in [0.05, 0.1) is 18.4 Å². The molecule has 176 valence electrons. The number of esters is 1. The Morgan fingerprint density at radius 3 is 2.61 bits per heavy atom. The molecule has 4 rings (SSSR count). The van der Waals surface area contributed by atoms with Crippen LogP contribution >= 0.6 is 11.3 Å². The molecule has 2 heterocycles. The number of rotatable bonds is 4. The highest BCUT2D eigenvalue weighted by Crippen LogP contribution is 2.41. The second-order valence-electron chi connectivity index (χ2n) is 9.30. The van der Waals surface area contributed by atoms with Crippen molar-refractivity contribution in [2.24, 2.45) is 27.1 Å². The maximum atomic E-state index is 13.3. The van der Waals surface area contributed by atoms with Gasteiger partial charge in [-0.25, -0.2) is 4.79 Å². The van der Waals surface area contributed by atoms with E-state index in [1.54, 1.807) is 0 Å². The molecule has 1 amide bonds. The smallest absolute Gasteiger partial charge is 0.341 e. The maximum Gasteiger partial charge on any atom is 0.341 e. The predicted octanol–water partition coefficient (Wildman–Crippen LogP) is 3.52. The fraction of sp³-hybridized carbons (Fsp3) is 0.478. The molecule has 2 aromatic rings. The Balaban J connectivity index is 1.72. The van der Waals surface area contributed by atoms with Gasteiger partial charge in [0.2, 0.25) is 5.96 Å². The minimum Gasteiger partial charge on any atom is -0.465 e. The van der Waals surface area contributed by atoms with E-state index in [1.165, 1.54) is 18.4 Å². The Hall–Kier alpha value is -3.14. The molecular formula is C23H29N5O4S. The van der Waals surface area contributed by atoms with Crippen molar-refractivity contribution in [2.45, 2.75) is 59.3 Å². The first kappa shape index (κ1) is 23.0. The van der Waals surface area contributed by atoms with E-state index in [-0.39, 0.29) is 17.1 Å². The summed E-state index contributed by atoms with van der Waals surface area (Å²) in [5, 5.41) is 11.5. The van der Waals surface area contributed by atoms with Crippen molar-refractivity contribution in [3.05, 3.63) is 38.7 Å². The largest absolute Gasteiger partial charge is 0.465 e. The molecule has 0 aromatic carbocycles. The molecule has 2 aliphatic carbocycles. The van der Waals surface area contributed by atoms with Crippen molar-refractivity contribution < 1.29 is 18.7 Å². The molecule has 33 heavy (non-hydrogen) atoms. The average molecular weight is 472 g/mol. The summed E-state index contributed by atoms with van der Waals surface area (Å²) in [4.78, 5) is 26.9. The van der Waals surface area contributed by atoms with E-state index in [0.717, 1.165) is 41.7 Å². The maximum absolute atomic E-state index is 13.3. The number of furan rings is 1. The Morgan fingerprint density at radius 2 is 1.91 bits per heavy atom. The Bertz CT molecular complexity index is 1180.